The predicted octanol–water partition coefficient (Wildman–Crippen LogP) is 1.33. The summed E-state index contributed by atoms with van der Waals surface area (Å²) in [7, 11) is 0.401. The van der Waals surface area contributed by atoms with Crippen LogP contribution in [0.5, 0.6) is 5.75 Å². The van der Waals surface area contributed by atoms with Gasteiger partial charge in [-0.05, 0) is 19.1 Å². The summed E-state index contributed by atoms with van der Waals surface area (Å²) < 4.78 is 29.5. The van der Waals surface area contributed by atoms with Gasteiger partial charge in [0.2, 0.25) is 0 Å². The lowest BCUT2D eigenvalue weighted by atomic mass is 10.2. The molecule has 4 nitrogen and oxygen atoms in total. The van der Waals surface area contributed by atoms with Crippen LogP contribution in [0.15, 0.2) is 18.2 Å². The Morgan fingerprint density at radius 1 is 1.56 bits per heavy atom. The Morgan fingerprint density at radius 3 is 2.72 bits per heavy atom. The zero-order valence-electron chi connectivity index (χ0n) is 10.5. The van der Waals surface area contributed by atoms with Gasteiger partial charge < -0.3 is 10.1 Å². The second-order valence-corrected chi connectivity index (χ2v) is 5.67. The minimum atomic E-state index is -1.02. The molecule has 0 spiro atoms. The maximum Gasteiger partial charge on any atom is 0.254 e. The van der Waals surface area contributed by atoms with E-state index >= 15 is 0 Å². The summed E-state index contributed by atoms with van der Waals surface area (Å²) in [6.07, 6.45) is 1.56. The monoisotopic (exact) mass is 273 g/mol. The van der Waals surface area contributed by atoms with Crippen LogP contribution in [-0.4, -0.2) is 35.3 Å². The molecule has 2 unspecified atom stereocenters. The average Bonchev–Trinajstić information content (AvgIpc) is 2.34. The van der Waals surface area contributed by atoms with Gasteiger partial charge in [-0.2, -0.15) is 0 Å². The normalized spacial score (nSPS) is 13.8. The van der Waals surface area contributed by atoms with Crippen LogP contribution in [-0.2, 0) is 10.8 Å². The fourth-order valence-corrected chi connectivity index (χ4v) is 1.57. The van der Waals surface area contributed by atoms with Crippen LogP contribution in [0.4, 0.5) is 4.39 Å². The van der Waals surface area contributed by atoms with E-state index in [0.717, 1.165) is 6.07 Å². The molecule has 0 saturated carbocycles. The molecule has 0 aromatic heterocycles. The van der Waals surface area contributed by atoms with E-state index in [4.69, 9.17) is 4.74 Å². The highest BCUT2D eigenvalue weighted by atomic mass is 32.2. The van der Waals surface area contributed by atoms with Crippen LogP contribution in [0.3, 0.4) is 0 Å². The molecule has 0 saturated heterocycles. The first-order valence-electron chi connectivity index (χ1n) is 5.39. The lowest BCUT2D eigenvalue weighted by Crippen LogP contribution is -2.33. The first-order valence-corrected chi connectivity index (χ1v) is 7.01. The molecule has 0 aliphatic carbocycles. The summed E-state index contributed by atoms with van der Waals surface area (Å²) >= 11 is 0. The third-order valence-corrected chi connectivity index (χ3v) is 3.84. The molecule has 1 aromatic carbocycles. The van der Waals surface area contributed by atoms with Gasteiger partial charge in [0.1, 0.15) is 11.6 Å². The molecule has 1 aromatic rings. The topological polar surface area (TPSA) is 55.4 Å². The molecule has 1 N–H and O–H groups in total. The van der Waals surface area contributed by atoms with Gasteiger partial charge in [0.15, 0.2) is 0 Å². The Hall–Kier alpha value is -1.43. The first kappa shape index (κ1) is 14.6. The number of carbonyl (C=O) groups excluding carboxylic acids is 1. The summed E-state index contributed by atoms with van der Waals surface area (Å²) in [5.41, 5.74) is -0.0510. The zero-order chi connectivity index (χ0) is 13.7. The molecule has 0 aliphatic rings. The molecule has 1 rings (SSSR count). The van der Waals surface area contributed by atoms with E-state index in [1.54, 1.807) is 13.2 Å². The number of rotatable bonds is 5. The van der Waals surface area contributed by atoms with E-state index in [9.17, 15) is 13.4 Å². The van der Waals surface area contributed by atoms with Crippen molar-refractivity contribution in [3.8, 4) is 5.75 Å². The van der Waals surface area contributed by atoms with Gasteiger partial charge in [-0.25, -0.2) is 4.39 Å². The Labute approximate surface area is 108 Å². The Morgan fingerprint density at radius 2 is 2.22 bits per heavy atom. The van der Waals surface area contributed by atoms with E-state index in [1.165, 1.54) is 19.2 Å². The van der Waals surface area contributed by atoms with Crippen LogP contribution in [0.25, 0.3) is 0 Å². The summed E-state index contributed by atoms with van der Waals surface area (Å²) in [4.78, 5) is 11.7. The quantitative estimate of drug-likeness (QED) is 0.880. The number of nitrogens with one attached hydrogen (secondary N) is 1. The second kappa shape index (κ2) is 6.49. The first-order chi connectivity index (χ1) is 8.45. The lowest BCUT2D eigenvalue weighted by molar-refractivity contribution is 0.0950. The van der Waals surface area contributed by atoms with E-state index in [-0.39, 0.29) is 17.4 Å². The molecule has 18 heavy (non-hydrogen) atoms. The van der Waals surface area contributed by atoms with Crippen molar-refractivity contribution in [1.29, 1.82) is 0 Å². The molecule has 2 atom stereocenters. The standard InChI is InChI=1S/C12H16FNO3S/c1-8(18(3)16)7-14-12(15)10-5-4-9(17-2)6-11(10)13/h4-6,8H,7H2,1-3H3,(H,14,15). The number of ether oxygens (including phenoxy) is 1. The van der Waals surface area contributed by atoms with Crippen LogP contribution in [0.1, 0.15) is 17.3 Å². The Kier molecular flexibility index (Phi) is 5.27. The van der Waals surface area contributed by atoms with Crippen molar-refractivity contribution >= 4 is 16.7 Å². The molecular weight excluding hydrogens is 257 g/mol. The average molecular weight is 273 g/mol. The van der Waals surface area contributed by atoms with Gasteiger partial charge >= 0.3 is 0 Å². The largest absolute Gasteiger partial charge is 0.497 e. The SMILES string of the molecule is COc1ccc(C(=O)NCC(C)S(C)=O)c(F)c1. The van der Waals surface area contributed by atoms with Gasteiger partial charge in [-0.3, -0.25) is 9.00 Å². The number of methoxy groups -OCH3 is 1. The van der Waals surface area contributed by atoms with Crippen molar-refractivity contribution in [2.24, 2.45) is 0 Å². The van der Waals surface area contributed by atoms with Crippen LogP contribution < -0.4 is 10.1 Å². The minimum absolute atomic E-state index is 0.0510. The summed E-state index contributed by atoms with van der Waals surface area (Å²) in [5.74, 6) is -0.809. The Bertz CT molecular complexity index is 465. The summed E-state index contributed by atoms with van der Waals surface area (Å²) in [6, 6.07) is 4.02. The fourth-order valence-electron chi connectivity index (χ4n) is 1.26. The smallest absolute Gasteiger partial charge is 0.254 e. The van der Waals surface area contributed by atoms with Crippen LogP contribution in [0, 0.1) is 5.82 Å². The number of halogens is 1. The zero-order valence-corrected chi connectivity index (χ0v) is 11.3. The van der Waals surface area contributed by atoms with Crippen molar-refractivity contribution in [2.45, 2.75) is 12.2 Å². The Balaban J connectivity index is 2.70. The van der Waals surface area contributed by atoms with Crippen molar-refractivity contribution in [3.63, 3.8) is 0 Å². The third kappa shape index (κ3) is 3.80. The van der Waals surface area contributed by atoms with Gasteiger partial charge in [0, 0.05) is 34.9 Å². The lowest BCUT2D eigenvalue weighted by Gasteiger charge is -2.10. The molecular formula is C12H16FNO3S. The summed E-state index contributed by atoms with van der Waals surface area (Å²) in [5, 5.41) is 2.37. The van der Waals surface area contributed by atoms with Crippen molar-refractivity contribution in [2.75, 3.05) is 19.9 Å². The highest BCUT2D eigenvalue weighted by Crippen LogP contribution is 2.16. The van der Waals surface area contributed by atoms with E-state index in [1.807, 2.05) is 0 Å². The highest BCUT2D eigenvalue weighted by molar-refractivity contribution is 7.84. The molecule has 0 fully saturated rings. The maximum atomic E-state index is 13.6. The number of amides is 1. The number of benzene rings is 1. The van der Waals surface area contributed by atoms with Crippen LogP contribution >= 0.6 is 0 Å². The summed E-state index contributed by atoms with van der Waals surface area (Å²) in [6.45, 7) is 1.99. The molecule has 100 valence electrons. The van der Waals surface area contributed by atoms with Crippen molar-refractivity contribution in [3.05, 3.63) is 29.6 Å². The predicted molar refractivity (Wildman–Crippen MR) is 68.8 cm³/mol. The maximum absolute atomic E-state index is 13.6. The molecule has 1 amide bonds. The van der Waals surface area contributed by atoms with E-state index < -0.39 is 22.5 Å². The van der Waals surface area contributed by atoms with E-state index in [2.05, 4.69) is 5.32 Å². The van der Waals surface area contributed by atoms with Crippen LogP contribution in [0.2, 0.25) is 0 Å². The molecule has 6 heteroatoms. The molecule has 0 heterocycles. The number of hydrogen-bond donors (Lipinski definition) is 1. The van der Waals surface area contributed by atoms with Gasteiger partial charge in [0.25, 0.3) is 5.91 Å². The van der Waals surface area contributed by atoms with Gasteiger partial charge in [-0.15, -0.1) is 0 Å². The third-order valence-electron chi connectivity index (χ3n) is 2.54. The van der Waals surface area contributed by atoms with Gasteiger partial charge in [0.05, 0.1) is 12.7 Å². The van der Waals surface area contributed by atoms with Crippen molar-refractivity contribution in [1.82, 2.24) is 5.32 Å². The van der Waals surface area contributed by atoms with Gasteiger partial charge in [-0.1, -0.05) is 0 Å². The number of hydrogen-bond acceptors (Lipinski definition) is 3. The van der Waals surface area contributed by atoms with Crippen molar-refractivity contribution < 1.29 is 18.1 Å². The highest BCUT2D eigenvalue weighted by Gasteiger charge is 2.14. The molecule has 0 aliphatic heterocycles. The fraction of sp³-hybridized carbons (Fsp3) is 0.417. The number of carbonyl (C=O) groups is 1. The van der Waals surface area contributed by atoms with E-state index in [0.29, 0.717) is 5.75 Å². The minimum Gasteiger partial charge on any atom is -0.497 e. The second-order valence-electron chi connectivity index (χ2n) is 3.87. The molecule has 0 radical (unpaired) electrons. The molecule has 0 bridgehead atoms.